The fourth-order valence-electron chi connectivity index (χ4n) is 7.57. The highest BCUT2D eigenvalue weighted by molar-refractivity contribution is 7.87. The predicted octanol–water partition coefficient (Wildman–Crippen LogP) is 4.24. The number of carbonyl (C=O) groups is 1. The van der Waals surface area contributed by atoms with Crippen molar-refractivity contribution < 1.29 is 36.3 Å². The second-order valence-corrected chi connectivity index (χ2v) is 12.3. The van der Waals surface area contributed by atoms with E-state index in [0.717, 1.165) is 43.6 Å². The van der Waals surface area contributed by atoms with E-state index < -0.39 is 10.1 Å². The maximum Gasteiger partial charge on any atom is 0.312 e. The zero-order valence-corrected chi connectivity index (χ0v) is 23.6. The number of ether oxygens (including phenoxy) is 4. The Balaban J connectivity index is 0.000000115. The van der Waals surface area contributed by atoms with Crippen molar-refractivity contribution in [1.29, 1.82) is 0 Å². The highest BCUT2D eigenvalue weighted by atomic mass is 32.2. The van der Waals surface area contributed by atoms with Gasteiger partial charge in [-0.25, -0.2) is 0 Å². The highest BCUT2D eigenvalue weighted by Gasteiger charge is 2.61. The molecule has 7 heterocycles. The van der Waals surface area contributed by atoms with Crippen molar-refractivity contribution in [2.45, 2.75) is 134 Å². The lowest BCUT2D eigenvalue weighted by Gasteiger charge is -2.14. The van der Waals surface area contributed by atoms with E-state index in [1.807, 2.05) is 41.5 Å². The molecule has 0 radical (unpaired) electrons. The third-order valence-electron chi connectivity index (χ3n) is 8.81. The third kappa shape index (κ3) is 4.99. The molecule has 2 aliphatic carbocycles. The van der Waals surface area contributed by atoms with E-state index in [1.165, 1.54) is 19.3 Å². The molecule has 12 atom stereocenters. The van der Waals surface area contributed by atoms with Crippen LogP contribution in [-0.2, 0) is 38.0 Å². The number of carbonyl (C=O) groups excluding carboxylic acids is 1. The molecule has 7 aliphatic heterocycles. The highest BCUT2D eigenvalue weighted by Crippen LogP contribution is 2.53. The van der Waals surface area contributed by atoms with Crippen LogP contribution in [0.4, 0.5) is 0 Å². The summed E-state index contributed by atoms with van der Waals surface area (Å²) in [4.78, 5) is 11.0. The fourth-order valence-corrected chi connectivity index (χ4v) is 9.27. The largest absolute Gasteiger partial charge is 0.459 e. The Hall–Kier alpha value is -0.740. The Kier molecular flexibility index (Phi) is 9.08. The number of hydrogen-bond acceptors (Lipinski definition) is 8. The number of fused-ring (bicyclic) bond motifs is 3. The van der Waals surface area contributed by atoms with Crippen LogP contribution in [0.15, 0.2) is 0 Å². The van der Waals surface area contributed by atoms with E-state index in [2.05, 4.69) is 0 Å². The number of rotatable bonds is 0. The molecule has 0 N–H and O–H groups in total. The molecule has 0 amide bonds. The maximum atomic E-state index is 11.2. The molecule has 0 aromatic carbocycles. The first kappa shape index (κ1) is 28.3. The minimum Gasteiger partial charge on any atom is -0.459 e. The molecule has 8 nitrogen and oxygen atoms in total. The van der Waals surface area contributed by atoms with E-state index in [4.69, 9.17) is 23.1 Å². The second kappa shape index (κ2) is 11.6. The summed E-state index contributed by atoms with van der Waals surface area (Å²) in [6, 6.07) is 0. The van der Waals surface area contributed by atoms with E-state index in [0.29, 0.717) is 18.6 Å². The first-order chi connectivity index (χ1) is 17.4. The summed E-state index contributed by atoms with van der Waals surface area (Å²) in [7, 11) is -3.26. The minimum absolute atomic E-state index is 0.0324. The predicted molar refractivity (Wildman–Crippen MR) is 135 cm³/mol. The molecule has 9 rings (SSSR count). The van der Waals surface area contributed by atoms with Crippen LogP contribution in [0.25, 0.3) is 0 Å². The monoisotopic (exact) mass is 530 g/mol. The number of esters is 1. The molecule has 6 bridgehead atoms. The first-order valence-electron chi connectivity index (χ1n) is 14.5. The SMILES string of the molecule is C1OC2CC3CC1C2C3.CC.CC.CC.O=C1OC2CC3CC1C2O3.O=S1(=O)OC2CC3CC1C2O3. The molecule has 2 saturated carbocycles. The van der Waals surface area contributed by atoms with E-state index in [1.54, 1.807) is 0 Å². The summed E-state index contributed by atoms with van der Waals surface area (Å²) in [5.41, 5.74) is 0. The van der Waals surface area contributed by atoms with Crippen molar-refractivity contribution in [2.75, 3.05) is 6.61 Å². The van der Waals surface area contributed by atoms with Crippen molar-refractivity contribution >= 4 is 16.1 Å². The van der Waals surface area contributed by atoms with E-state index >= 15 is 0 Å². The molecule has 0 spiro atoms. The first-order valence-corrected chi connectivity index (χ1v) is 16.0. The van der Waals surface area contributed by atoms with Gasteiger partial charge in [-0.2, -0.15) is 8.42 Å². The van der Waals surface area contributed by atoms with Crippen molar-refractivity contribution in [3.8, 4) is 0 Å². The van der Waals surface area contributed by atoms with Crippen LogP contribution in [0, 0.1) is 23.7 Å². The lowest BCUT2D eigenvalue weighted by atomic mass is 9.90. The topological polar surface area (TPSA) is 97.4 Å². The fraction of sp³-hybridized carbons (Fsp3) is 0.963. The molecular weight excluding hydrogens is 484 g/mol. The lowest BCUT2D eigenvalue weighted by molar-refractivity contribution is -0.143. The van der Waals surface area contributed by atoms with Crippen LogP contribution in [0.3, 0.4) is 0 Å². The Morgan fingerprint density at radius 3 is 1.89 bits per heavy atom. The summed E-state index contributed by atoms with van der Waals surface area (Å²) in [5, 5.41) is -0.355. The van der Waals surface area contributed by atoms with Crippen LogP contribution >= 0.6 is 0 Å². The smallest absolute Gasteiger partial charge is 0.312 e. The summed E-state index contributed by atoms with van der Waals surface area (Å²) in [6.07, 6.45) is 8.71. The van der Waals surface area contributed by atoms with Crippen LogP contribution in [0.5, 0.6) is 0 Å². The van der Waals surface area contributed by atoms with Gasteiger partial charge in [0.05, 0.1) is 30.8 Å². The van der Waals surface area contributed by atoms with Crippen LogP contribution < -0.4 is 0 Å². The zero-order chi connectivity index (χ0) is 26.2. The van der Waals surface area contributed by atoms with Crippen molar-refractivity contribution in [3.63, 3.8) is 0 Å². The number of hydrogen-bond donors (Lipinski definition) is 0. The Morgan fingerprint density at radius 2 is 1.39 bits per heavy atom. The van der Waals surface area contributed by atoms with Gasteiger partial charge in [-0.05, 0) is 49.9 Å². The van der Waals surface area contributed by atoms with Gasteiger partial charge in [0.25, 0.3) is 10.1 Å². The van der Waals surface area contributed by atoms with E-state index in [9.17, 15) is 13.2 Å². The van der Waals surface area contributed by atoms with Gasteiger partial charge in [-0.15, -0.1) is 0 Å². The van der Waals surface area contributed by atoms with Gasteiger partial charge in [-0.3, -0.25) is 8.98 Å². The summed E-state index contributed by atoms with van der Waals surface area (Å²) in [6.45, 7) is 13.1. The minimum atomic E-state index is -3.26. The molecule has 9 fully saturated rings. The summed E-state index contributed by atoms with van der Waals surface area (Å²) < 4.78 is 48.8. The molecule has 208 valence electrons. The average Bonchev–Trinajstić information content (AvgIpc) is 3.72. The van der Waals surface area contributed by atoms with Crippen LogP contribution in [0.2, 0.25) is 0 Å². The van der Waals surface area contributed by atoms with Gasteiger partial charge < -0.3 is 18.9 Å². The molecule has 9 heteroatoms. The molecular formula is C27H46O8S. The Bertz CT molecular complexity index is 841. The van der Waals surface area contributed by atoms with Crippen molar-refractivity contribution in [1.82, 2.24) is 0 Å². The molecule has 0 aromatic heterocycles. The normalized spacial score (nSPS) is 48.8. The molecule has 7 saturated heterocycles. The van der Waals surface area contributed by atoms with Crippen molar-refractivity contribution in [3.05, 3.63) is 0 Å². The van der Waals surface area contributed by atoms with Gasteiger partial charge in [0, 0.05) is 12.8 Å². The van der Waals surface area contributed by atoms with Gasteiger partial charge in [-0.1, -0.05) is 41.5 Å². The molecule has 36 heavy (non-hydrogen) atoms. The van der Waals surface area contributed by atoms with E-state index in [-0.39, 0.29) is 47.7 Å². The Labute approximate surface area is 217 Å². The quantitative estimate of drug-likeness (QED) is 0.339. The molecule has 9 aliphatic rings. The van der Waals surface area contributed by atoms with Crippen LogP contribution in [-0.4, -0.2) is 69.0 Å². The van der Waals surface area contributed by atoms with Crippen LogP contribution in [0.1, 0.15) is 86.5 Å². The zero-order valence-electron chi connectivity index (χ0n) is 22.8. The Morgan fingerprint density at radius 1 is 0.722 bits per heavy atom. The summed E-state index contributed by atoms with van der Waals surface area (Å²) in [5.74, 6) is 3.09. The summed E-state index contributed by atoms with van der Waals surface area (Å²) >= 11 is 0. The van der Waals surface area contributed by atoms with Gasteiger partial charge >= 0.3 is 5.97 Å². The lowest BCUT2D eigenvalue weighted by Crippen LogP contribution is -2.27. The van der Waals surface area contributed by atoms with Gasteiger partial charge in [0.2, 0.25) is 0 Å². The molecule has 0 aromatic rings. The maximum absolute atomic E-state index is 11.2. The third-order valence-corrected chi connectivity index (χ3v) is 10.5. The average molecular weight is 531 g/mol. The second-order valence-electron chi connectivity index (χ2n) is 10.5. The van der Waals surface area contributed by atoms with Crippen molar-refractivity contribution in [2.24, 2.45) is 23.7 Å². The van der Waals surface area contributed by atoms with Gasteiger partial charge in [0.15, 0.2) is 0 Å². The standard InChI is InChI=1S/C8H12O.C7H8O3.C6H8O4S.3C2H6/c1-5-2-7-6(1)4-9-8(7)3-5;8-7-4-1-3-2-5(10-7)6(4)9-3;7-11(8)5-2-3-1-4(10-11)6(5)9-3;3*1-2/h5-8H,1-4H2;3-6H,1-2H2;3-6H,1-2H2;3*1-2H3. The van der Waals surface area contributed by atoms with Gasteiger partial charge in [0.1, 0.15) is 29.7 Å². The molecule has 12 unspecified atom stereocenters.